The fourth-order valence-electron chi connectivity index (χ4n) is 0.634. The molecule has 0 saturated heterocycles. The minimum absolute atomic E-state index is 0.103. The van der Waals surface area contributed by atoms with Gasteiger partial charge in [-0.25, -0.2) is 0 Å². The second-order valence-corrected chi connectivity index (χ2v) is 1.98. The number of hydrogen-bond acceptors (Lipinski definition) is 4. The van der Waals surface area contributed by atoms with Crippen molar-refractivity contribution in [1.82, 2.24) is 0 Å². The van der Waals surface area contributed by atoms with E-state index in [1.54, 1.807) is 0 Å². The molecule has 0 amide bonds. The maximum absolute atomic E-state index is 8.52. The van der Waals surface area contributed by atoms with Gasteiger partial charge < -0.3 is 5.11 Å². The first-order valence-electron chi connectivity index (χ1n) is 2.88. The zero-order valence-corrected chi connectivity index (χ0v) is 5.28. The average molecular weight is 127 g/mol. The number of azo groups is 1. The minimum atomic E-state index is -0.103. The quantitative estimate of drug-likeness (QED) is 0.538. The first-order chi connectivity index (χ1) is 4.33. The van der Waals surface area contributed by atoms with E-state index in [-0.39, 0.29) is 12.6 Å². The van der Waals surface area contributed by atoms with E-state index >= 15 is 0 Å². The van der Waals surface area contributed by atoms with E-state index in [0.29, 0.717) is 12.4 Å². The smallest absolute Gasteiger partial charge is 0.171 e. The van der Waals surface area contributed by atoms with Crippen molar-refractivity contribution in [3.63, 3.8) is 0 Å². The Kier molecular flexibility index (Phi) is 1.89. The molecule has 0 aromatic carbocycles. The van der Waals surface area contributed by atoms with Crippen molar-refractivity contribution in [1.29, 1.82) is 0 Å². The van der Waals surface area contributed by atoms with Gasteiger partial charge >= 0.3 is 0 Å². The molecule has 1 aliphatic heterocycles. The largest absolute Gasteiger partial charge is 0.388 e. The molecule has 1 N–H and O–H groups in total. The normalized spacial score (nSPS) is 26.0. The number of amidine groups is 1. The van der Waals surface area contributed by atoms with Gasteiger partial charge in [0.1, 0.15) is 6.61 Å². The lowest BCUT2D eigenvalue weighted by atomic mass is 10.3. The minimum Gasteiger partial charge on any atom is -0.388 e. The van der Waals surface area contributed by atoms with Crippen LogP contribution in [-0.2, 0) is 0 Å². The Balaban J connectivity index is 2.59. The van der Waals surface area contributed by atoms with Crippen LogP contribution in [-0.4, -0.2) is 30.1 Å². The van der Waals surface area contributed by atoms with E-state index in [1.165, 1.54) is 0 Å². The van der Waals surface area contributed by atoms with Crippen molar-refractivity contribution in [2.24, 2.45) is 15.2 Å². The van der Waals surface area contributed by atoms with Gasteiger partial charge in [0, 0.05) is 0 Å². The van der Waals surface area contributed by atoms with Crippen LogP contribution < -0.4 is 0 Å². The molecule has 9 heavy (non-hydrogen) atoms. The predicted octanol–water partition coefficient (Wildman–Crippen LogP) is 0.232. The highest BCUT2D eigenvalue weighted by Crippen LogP contribution is 1.99. The number of hydrogen-bond donors (Lipinski definition) is 1. The lowest BCUT2D eigenvalue weighted by Gasteiger charge is -2.06. The number of aliphatic hydroxyl groups is 1. The van der Waals surface area contributed by atoms with Gasteiger partial charge in [-0.2, -0.15) is 5.11 Å². The van der Waals surface area contributed by atoms with E-state index in [2.05, 4.69) is 15.2 Å². The molecule has 4 nitrogen and oxygen atoms in total. The summed E-state index contributed by atoms with van der Waals surface area (Å²) in [5, 5.41) is 15.9. The summed E-state index contributed by atoms with van der Waals surface area (Å²) in [5.74, 6) is 0.439. The van der Waals surface area contributed by atoms with Gasteiger partial charge in [0.05, 0.1) is 12.6 Å². The Hall–Kier alpha value is -0.770. The van der Waals surface area contributed by atoms with Gasteiger partial charge in [-0.1, -0.05) is 0 Å². The zero-order valence-electron chi connectivity index (χ0n) is 5.28. The van der Waals surface area contributed by atoms with Crippen LogP contribution in [0.5, 0.6) is 0 Å². The van der Waals surface area contributed by atoms with Crippen molar-refractivity contribution in [2.45, 2.75) is 13.0 Å². The van der Waals surface area contributed by atoms with Crippen LogP contribution in [0.15, 0.2) is 15.2 Å². The molecule has 0 bridgehead atoms. The van der Waals surface area contributed by atoms with Crippen LogP contribution in [0.2, 0.25) is 0 Å². The molecule has 1 aliphatic rings. The summed E-state index contributed by atoms with van der Waals surface area (Å²) in [4.78, 5) is 4.01. The lowest BCUT2D eigenvalue weighted by Crippen LogP contribution is -2.14. The molecule has 0 aromatic rings. The summed E-state index contributed by atoms with van der Waals surface area (Å²) < 4.78 is 0. The molecule has 0 aliphatic carbocycles. The molecule has 0 radical (unpaired) electrons. The Morgan fingerprint density at radius 3 is 3.00 bits per heavy atom. The Morgan fingerprint density at radius 2 is 2.56 bits per heavy atom. The summed E-state index contributed by atoms with van der Waals surface area (Å²) in [6.45, 7) is 2.48. The monoisotopic (exact) mass is 127 g/mol. The van der Waals surface area contributed by atoms with Gasteiger partial charge in [0.25, 0.3) is 0 Å². The molecule has 0 aromatic heterocycles. The Labute approximate surface area is 53.3 Å². The number of nitrogens with zero attached hydrogens (tertiary/aromatic N) is 3. The second kappa shape index (κ2) is 2.68. The van der Waals surface area contributed by atoms with Crippen molar-refractivity contribution >= 4 is 5.84 Å². The fourth-order valence-corrected chi connectivity index (χ4v) is 0.634. The Morgan fingerprint density at radius 1 is 1.78 bits per heavy atom. The topological polar surface area (TPSA) is 57.3 Å². The van der Waals surface area contributed by atoms with Gasteiger partial charge in [-0.05, 0) is 6.92 Å². The molecular weight excluding hydrogens is 118 g/mol. The first-order valence-corrected chi connectivity index (χ1v) is 2.88. The van der Waals surface area contributed by atoms with Crippen LogP contribution >= 0.6 is 0 Å². The third-order valence-electron chi connectivity index (χ3n) is 1.04. The SMILES string of the molecule is C[C@H]1CN=NC(CO)=N1. The van der Waals surface area contributed by atoms with Crippen LogP contribution in [0.3, 0.4) is 0 Å². The summed E-state index contributed by atoms with van der Waals surface area (Å²) in [5.41, 5.74) is 0. The van der Waals surface area contributed by atoms with E-state index < -0.39 is 0 Å². The van der Waals surface area contributed by atoms with Crippen molar-refractivity contribution in [3.05, 3.63) is 0 Å². The summed E-state index contributed by atoms with van der Waals surface area (Å²) in [6.07, 6.45) is 0. The predicted molar refractivity (Wildman–Crippen MR) is 33.7 cm³/mol. The summed E-state index contributed by atoms with van der Waals surface area (Å²) >= 11 is 0. The molecule has 1 atom stereocenters. The van der Waals surface area contributed by atoms with Crippen molar-refractivity contribution < 1.29 is 5.11 Å². The first kappa shape index (κ1) is 6.35. The summed E-state index contributed by atoms with van der Waals surface area (Å²) in [7, 11) is 0. The third-order valence-corrected chi connectivity index (χ3v) is 1.04. The van der Waals surface area contributed by atoms with Crippen molar-refractivity contribution in [3.8, 4) is 0 Å². The molecule has 50 valence electrons. The molecular formula is C5H9N3O. The standard InChI is InChI=1S/C5H9N3O/c1-4-2-6-8-5(3-9)7-4/h4,9H,2-3H2,1H3/t4-/m0/s1. The highest BCUT2D eigenvalue weighted by molar-refractivity contribution is 5.84. The second-order valence-electron chi connectivity index (χ2n) is 1.98. The lowest BCUT2D eigenvalue weighted by molar-refractivity contribution is 0.353. The number of aliphatic imine (C=N–C) groups is 1. The van der Waals surface area contributed by atoms with E-state index in [0.717, 1.165) is 0 Å². The molecule has 0 unspecified atom stereocenters. The summed E-state index contributed by atoms with van der Waals surface area (Å²) in [6, 6.07) is 0.185. The zero-order chi connectivity index (χ0) is 6.69. The molecule has 0 fully saturated rings. The van der Waals surface area contributed by atoms with E-state index in [9.17, 15) is 0 Å². The molecule has 4 heteroatoms. The van der Waals surface area contributed by atoms with Crippen LogP contribution in [0.1, 0.15) is 6.92 Å². The van der Waals surface area contributed by atoms with Crippen LogP contribution in [0.25, 0.3) is 0 Å². The van der Waals surface area contributed by atoms with Crippen molar-refractivity contribution in [2.75, 3.05) is 13.2 Å². The molecule has 0 saturated carbocycles. The maximum atomic E-state index is 8.52. The van der Waals surface area contributed by atoms with Gasteiger partial charge in [0.2, 0.25) is 0 Å². The highest BCUT2D eigenvalue weighted by atomic mass is 16.3. The fraction of sp³-hybridized carbons (Fsp3) is 0.800. The van der Waals surface area contributed by atoms with E-state index in [1.807, 2.05) is 6.92 Å². The van der Waals surface area contributed by atoms with E-state index in [4.69, 9.17) is 5.11 Å². The third kappa shape index (κ3) is 1.57. The maximum Gasteiger partial charge on any atom is 0.171 e. The van der Waals surface area contributed by atoms with Crippen LogP contribution in [0.4, 0.5) is 0 Å². The van der Waals surface area contributed by atoms with Crippen LogP contribution in [0, 0.1) is 0 Å². The van der Waals surface area contributed by atoms with Gasteiger partial charge in [-0.15, -0.1) is 5.11 Å². The average Bonchev–Trinajstić information content (AvgIpc) is 1.88. The van der Waals surface area contributed by atoms with Gasteiger partial charge in [0.15, 0.2) is 5.84 Å². The number of rotatable bonds is 1. The molecule has 1 rings (SSSR count). The number of aliphatic hydroxyl groups excluding tert-OH is 1. The van der Waals surface area contributed by atoms with Gasteiger partial charge in [-0.3, -0.25) is 4.99 Å². The highest BCUT2D eigenvalue weighted by Gasteiger charge is 2.05. The molecule has 1 heterocycles. The Bertz CT molecular complexity index is 152. The molecule has 0 spiro atoms.